The fraction of sp³-hybridized carbons (Fsp3) is 0.800. The number of rotatable bonds is 12. The van der Waals surface area contributed by atoms with E-state index >= 15 is 0 Å². The Morgan fingerprint density at radius 1 is 0.500 bits per heavy atom. The van der Waals surface area contributed by atoms with Crippen molar-refractivity contribution < 1.29 is 116 Å². The molecule has 0 aromatic carbocycles. The van der Waals surface area contributed by atoms with Gasteiger partial charge in [0.05, 0.1) is 11.8 Å². The number of hydrogen-bond donors (Lipinski definition) is 0. The molecule has 0 saturated heterocycles. The standard InChI is InChI=1S/C20H12F22O4/c21-11(22,13(25,26)15(29,30)17(33,34)19(37,38)39)5-45-9(43)7-3-1-2-4-8(7)10(44)46-6-12(23,24)14(27,28)16(31,32)18(35,36)20(40,41)42/h1,3,7-8H,2,4-6H2. The summed E-state index contributed by atoms with van der Waals surface area (Å²) in [5.41, 5.74) is 0. The lowest BCUT2D eigenvalue weighted by Gasteiger charge is -2.37. The summed E-state index contributed by atoms with van der Waals surface area (Å²) in [5.74, 6) is -70.3. The summed E-state index contributed by atoms with van der Waals surface area (Å²) in [4.78, 5) is 24.1. The van der Waals surface area contributed by atoms with Gasteiger partial charge >= 0.3 is 71.7 Å². The number of alkyl halides is 22. The van der Waals surface area contributed by atoms with Gasteiger partial charge in [0.1, 0.15) is 0 Å². The first-order valence-corrected chi connectivity index (χ1v) is 11.2. The van der Waals surface area contributed by atoms with Crippen LogP contribution in [0.1, 0.15) is 12.8 Å². The number of allylic oxidation sites excluding steroid dienone is 1. The predicted octanol–water partition coefficient (Wildman–Crippen LogP) is 7.86. The molecule has 0 aliphatic heterocycles. The van der Waals surface area contributed by atoms with Crippen molar-refractivity contribution in [1.82, 2.24) is 0 Å². The van der Waals surface area contributed by atoms with E-state index in [-0.39, 0.29) is 0 Å². The Morgan fingerprint density at radius 2 is 0.826 bits per heavy atom. The van der Waals surface area contributed by atoms with E-state index in [9.17, 15) is 106 Å². The first-order chi connectivity index (χ1) is 20.0. The molecule has 26 heteroatoms. The molecule has 0 bridgehead atoms. The zero-order chi connectivity index (χ0) is 37.0. The van der Waals surface area contributed by atoms with Crippen LogP contribution in [-0.4, -0.2) is 84.9 Å². The average molecular weight is 734 g/mol. The van der Waals surface area contributed by atoms with Crippen LogP contribution < -0.4 is 0 Å². The van der Waals surface area contributed by atoms with Crippen LogP contribution in [-0.2, 0) is 19.1 Å². The van der Waals surface area contributed by atoms with Crippen molar-refractivity contribution in [2.45, 2.75) is 72.6 Å². The highest BCUT2D eigenvalue weighted by molar-refractivity contribution is 5.84. The van der Waals surface area contributed by atoms with Crippen molar-refractivity contribution in [3.8, 4) is 0 Å². The van der Waals surface area contributed by atoms with Crippen molar-refractivity contribution in [1.29, 1.82) is 0 Å². The molecule has 0 N–H and O–H groups in total. The summed E-state index contributed by atoms with van der Waals surface area (Å²) in [6.45, 7) is -6.88. The third-order valence-corrected chi connectivity index (χ3v) is 6.00. The van der Waals surface area contributed by atoms with E-state index in [2.05, 4.69) is 9.47 Å². The lowest BCUT2D eigenvalue weighted by atomic mass is 9.84. The molecule has 0 aromatic heterocycles. The zero-order valence-electron chi connectivity index (χ0n) is 21.1. The maximum atomic E-state index is 13.8. The van der Waals surface area contributed by atoms with E-state index in [1.807, 2.05) is 0 Å². The number of hydrogen-bond acceptors (Lipinski definition) is 4. The largest absolute Gasteiger partial charge is 0.460 e. The number of esters is 2. The highest BCUT2D eigenvalue weighted by atomic mass is 19.4. The summed E-state index contributed by atoms with van der Waals surface area (Å²) in [7, 11) is 0. The normalized spacial score (nSPS) is 20.0. The highest BCUT2D eigenvalue weighted by Crippen LogP contribution is 2.58. The molecule has 2 atom stereocenters. The SMILES string of the molecule is O=C(OCC(F)(F)C(F)(F)C(F)(F)C(F)(F)C(F)(F)F)C1C=CCCC1C(=O)OCC(F)(F)C(F)(F)C(F)(F)C(F)(F)C(F)(F)F. The number of carbonyl (C=O) groups is 2. The monoisotopic (exact) mass is 734 g/mol. The second-order valence-electron chi connectivity index (χ2n) is 9.20. The van der Waals surface area contributed by atoms with Gasteiger partial charge in [-0.25, -0.2) is 0 Å². The Morgan fingerprint density at radius 3 is 1.15 bits per heavy atom. The van der Waals surface area contributed by atoms with E-state index in [4.69, 9.17) is 0 Å². The maximum absolute atomic E-state index is 13.8. The smallest absolute Gasteiger partial charge is 0.459 e. The quantitative estimate of drug-likeness (QED) is 0.117. The van der Waals surface area contributed by atoms with Crippen LogP contribution in [0.3, 0.4) is 0 Å². The van der Waals surface area contributed by atoms with Crippen molar-refractivity contribution in [3.05, 3.63) is 12.2 Å². The molecule has 1 aliphatic rings. The van der Waals surface area contributed by atoms with Crippen molar-refractivity contribution in [3.63, 3.8) is 0 Å². The van der Waals surface area contributed by atoms with E-state index in [1.54, 1.807) is 0 Å². The van der Waals surface area contributed by atoms with Gasteiger partial charge in [0, 0.05) is 0 Å². The minimum atomic E-state index is -7.92. The van der Waals surface area contributed by atoms with Crippen LogP contribution in [0.4, 0.5) is 96.6 Å². The van der Waals surface area contributed by atoms with Crippen LogP contribution in [0.5, 0.6) is 0 Å². The average Bonchev–Trinajstić information content (AvgIpc) is 2.88. The molecule has 46 heavy (non-hydrogen) atoms. The molecule has 1 rings (SSSR count). The molecular weight excluding hydrogens is 722 g/mol. The highest BCUT2D eigenvalue weighted by Gasteiger charge is 2.88. The first kappa shape index (κ1) is 41.2. The van der Waals surface area contributed by atoms with Gasteiger partial charge < -0.3 is 9.47 Å². The number of ether oxygens (including phenoxy) is 2. The summed E-state index contributed by atoms with van der Waals surface area (Å²) < 4.78 is 294. The molecular formula is C20H12F22O4. The van der Waals surface area contributed by atoms with Crippen molar-refractivity contribution in [2.75, 3.05) is 13.2 Å². The molecule has 4 nitrogen and oxygen atoms in total. The molecule has 270 valence electrons. The molecule has 0 spiro atoms. The first-order valence-electron chi connectivity index (χ1n) is 11.2. The second-order valence-corrected chi connectivity index (χ2v) is 9.20. The number of halogens is 22. The van der Waals surface area contributed by atoms with Crippen LogP contribution in [0, 0.1) is 11.8 Å². The molecule has 0 fully saturated rings. The zero-order valence-corrected chi connectivity index (χ0v) is 21.1. The Hall–Kier alpha value is -2.86. The van der Waals surface area contributed by atoms with Gasteiger partial charge in [-0.3, -0.25) is 9.59 Å². The molecule has 0 aromatic rings. The van der Waals surface area contributed by atoms with Gasteiger partial charge in [-0.05, 0) is 12.8 Å². The van der Waals surface area contributed by atoms with Crippen molar-refractivity contribution >= 4 is 11.9 Å². The molecule has 0 saturated carbocycles. The van der Waals surface area contributed by atoms with E-state index in [1.165, 1.54) is 0 Å². The minimum Gasteiger partial charge on any atom is -0.459 e. The third kappa shape index (κ3) is 6.61. The Kier molecular flexibility index (Phi) is 10.7. The van der Waals surface area contributed by atoms with Gasteiger partial charge in [0.2, 0.25) is 0 Å². The second kappa shape index (κ2) is 12.0. The lowest BCUT2D eigenvalue weighted by molar-refractivity contribution is -0.424. The van der Waals surface area contributed by atoms with Gasteiger partial charge in [0.15, 0.2) is 13.2 Å². The summed E-state index contributed by atoms with van der Waals surface area (Å²) >= 11 is 0. The van der Waals surface area contributed by atoms with Gasteiger partial charge in [-0.1, -0.05) is 12.2 Å². The predicted molar refractivity (Wildman–Crippen MR) is 99.0 cm³/mol. The number of carbonyl (C=O) groups excluding carboxylic acids is 2. The molecule has 1 aliphatic carbocycles. The van der Waals surface area contributed by atoms with Gasteiger partial charge in [-0.15, -0.1) is 0 Å². The third-order valence-electron chi connectivity index (χ3n) is 6.00. The van der Waals surface area contributed by atoms with Crippen molar-refractivity contribution in [2.24, 2.45) is 11.8 Å². The van der Waals surface area contributed by atoms with E-state index in [0.29, 0.717) is 6.08 Å². The van der Waals surface area contributed by atoms with Gasteiger partial charge in [0.25, 0.3) is 0 Å². The maximum Gasteiger partial charge on any atom is 0.460 e. The Balaban J connectivity index is 3.16. The van der Waals surface area contributed by atoms with Crippen LogP contribution in [0.2, 0.25) is 0 Å². The van der Waals surface area contributed by atoms with Crippen LogP contribution in [0.25, 0.3) is 0 Å². The summed E-state index contributed by atoms with van der Waals surface area (Å²) in [5, 5.41) is 0. The fourth-order valence-corrected chi connectivity index (χ4v) is 3.26. The summed E-state index contributed by atoms with van der Waals surface area (Å²) in [6.07, 6.45) is -15.4. The van der Waals surface area contributed by atoms with E-state index in [0.717, 1.165) is 6.08 Å². The lowest BCUT2D eigenvalue weighted by Crippen LogP contribution is -2.67. The molecule has 2 unspecified atom stereocenters. The molecule has 0 radical (unpaired) electrons. The van der Waals surface area contributed by atoms with Crippen LogP contribution in [0.15, 0.2) is 12.2 Å². The minimum absolute atomic E-state index is 0.339. The Bertz CT molecular complexity index is 1150. The van der Waals surface area contributed by atoms with E-state index < -0.39 is 110 Å². The topological polar surface area (TPSA) is 52.6 Å². The fourth-order valence-electron chi connectivity index (χ4n) is 3.26. The Labute approximate surface area is 238 Å². The van der Waals surface area contributed by atoms with Gasteiger partial charge in [-0.2, -0.15) is 96.6 Å². The molecule has 0 heterocycles. The van der Waals surface area contributed by atoms with Crippen LogP contribution >= 0.6 is 0 Å². The molecule has 0 amide bonds. The summed E-state index contributed by atoms with van der Waals surface area (Å²) in [6, 6.07) is 0.